The number of Topliss-reactive ketones (excluding diaryl/α,β-unsaturated/α-hetero) is 1. The summed E-state index contributed by atoms with van der Waals surface area (Å²) in [5.74, 6) is -3.87. The number of aliphatic hydroxyl groups excluding tert-OH is 1. The average molecular weight is 1480 g/mol. The fraction of sp³-hybridized carbons (Fsp3) is 0.661. The van der Waals surface area contributed by atoms with Gasteiger partial charge in [-0.15, -0.1) is 0 Å². The van der Waals surface area contributed by atoms with Crippen LogP contribution in [0.15, 0.2) is 65.8 Å². The number of aliphatic hydroxyl groups is 1. The number of benzene rings is 2. The van der Waals surface area contributed by atoms with Crippen LogP contribution in [0.5, 0.6) is 0 Å². The van der Waals surface area contributed by atoms with Crippen LogP contribution in [0, 0.1) is 5.92 Å². The molecule has 36 nitrogen and oxygen atoms in total. The van der Waals surface area contributed by atoms with E-state index in [4.69, 9.17) is 39.1 Å². The zero-order valence-electron chi connectivity index (χ0n) is 61.4. The molecule has 0 radical (unpaired) electrons. The fourth-order valence-electron chi connectivity index (χ4n) is 12.5. The number of carboxylic acid groups (broad SMARTS) is 2. The second-order valence-electron chi connectivity index (χ2n) is 24.6. The van der Waals surface area contributed by atoms with Crippen molar-refractivity contribution in [3.63, 3.8) is 0 Å². The molecule has 6 aliphatic rings. The van der Waals surface area contributed by atoms with Crippen molar-refractivity contribution in [3.05, 3.63) is 82.2 Å². The maximum absolute atomic E-state index is 12.2. The van der Waals surface area contributed by atoms with Crippen molar-refractivity contribution in [3.8, 4) is 0 Å². The molecule has 8 rings (SSSR count). The molecule has 0 saturated carbocycles. The van der Waals surface area contributed by atoms with Crippen LogP contribution in [0.3, 0.4) is 0 Å². The fourth-order valence-corrected chi connectivity index (χ4v) is 12.5. The first kappa shape index (κ1) is 98.2. The predicted octanol–water partition coefficient (Wildman–Crippen LogP) is -2.25. The smallest absolute Gasteiger partial charge is 0.870 e. The Kier molecular flexibility index (Phi) is 47.4. The Morgan fingerprint density at radius 1 is 0.495 bits per heavy atom. The summed E-state index contributed by atoms with van der Waals surface area (Å²) in [5, 5.41) is 93.4. The minimum atomic E-state index is -1.08. The Morgan fingerprint density at radius 3 is 1.24 bits per heavy atom. The van der Waals surface area contributed by atoms with Gasteiger partial charge in [0.05, 0.1) is 50.7 Å². The van der Waals surface area contributed by atoms with E-state index in [1.165, 1.54) is 23.3 Å². The number of aliphatic carboxylic acids is 2. The molecular weight excluding hydrogens is 1370 g/mol. The maximum atomic E-state index is 12.2. The van der Waals surface area contributed by atoms with Crippen molar-refractivity contribution >= 4 is 96.1 Å². The van der Waals surface area contributed by atoms with E-state index in [2.05, 4.69) is 20.7 Å². The number of ether oxygens (including phenoxy) is 6. The number of nitrogens with one attached hydrogen (secondary N) is 2. The molecule has 0 bridgehead atoms. The summed E-state index contributed by atoms with van der Waals surface area (Å²) < 4.78 is 29.8. The number of azide groups is 1. The van der Waals surface area contributed by atoms with Crippen LogP contribution in [-0.2, 0) is 75.2 Å². The number of carbonyl (C=O) groups is 9. The van der Waals surface area contributed by atoms with Crippen molar-refractivity contribution in [2.45, 2.75) is 195 Å². The largest absolute Gasteiger partial charge is 1.00 e. The number of esters is 4. The van der Waals surface area contributed by atoms with Gasteiger partial charge in [-0.25, -0.2) is 14.4 Å². The van der Waals surface area contributed by atoms with Crippen LogP contribution in [0.1, 0.15) is 91.7 Å². The van der Waals surface area contributed by atoms with E-state index in [0.717, 1.165) is 17.5 Å². The van der Waals surface area contributed by atoms with Crippen molar-refractivity contribution in [1.29, 1.82) is 0 Å². The minimum Gasteiger partial charge on any atom is -0.870 e. The molecule has 6 fully saturated rings. The molecule has 1 unspecified atom stereocenters. The van der Waals surface area contributed by atoms with E-state index in [9.17, 15) is 83.5 Å². The molecule has 2 amide bonds. The monoisotopic (exact) mass is 1480 g/mol. The van der Waals surface area contributed by atoms with Gasteiger partial charge in [-0.1, -0.05) is 80.1 Å². The van der Waals surface area contributed by atoms with E-state index in [1.54, 1.807) is 74.2 Å². The first-order valence-corrected chi connectivity index (χ1v) is 34.3. The summed E-state index contributed by atoms with van der Waals surface area (Å²) >= 11 is 0. The molecule has 105 heavy (non-hydrogen) atoms. The summed E-state index contributed by atoms with van der Waals surface area (Å²) in [6.07, 6.45) is 1.20. The number of carboxylic acids is 2. The Labute approximate surface area is 628 Å². The third kappa shape index (κ3) is 31.1. The zero-order chi connectivity index (χ0) is 76.5. The topological polar surface area (TPSA) is 513 Å². The predicted molar refractivity (Wildman–Crippen MR) is 384 cm³/mol. The van der Waals surface area contributed by atoms with Crippen molar-refractivity contribution < 1.29 is 141 Å². The summed E-state index contributed by atoms with van der Waals surface area (Å²) in [5.41, 5.74) is 10.1. The van der Waals surface area contributed by atoms with Gasteiger partial charge < -0.3 is 114 Å². The van der Waals surface area contributed by atoms with E-state index in [0.29, 0.717) is 71.4 Å². The summed E-state index contributed by atoms with van der Waals surface area (Å²) in [6.45, 7) is 22.5. The number of nitrogens with zero attached hydrogens (tertiary/aromatic N) is 9. The molecule has 0 aromatic heterocycles. The van der Waals surface area contributed by atoms with Crippen molar-refractivity contribution in [2.24, 2.45) is 11.0 Å². The molecule has 0 aliphatic carbocycles. The number of carbonyl (C=O) groups excluding carboxylic acids is 7. The van der Waals surface area contributed by atoms with E-state index in [-0.39, 0.29) is 83.1 Å². The summed E-state index contributed by atoms with van der Waals surface area (Å²) in [6, 6.07) is 12.6. The minimum absolute atomic E-state index is 0. The van der Waals surface area contributed by atoms with E-state index < -0.39 is 151 Å². The molecule has 12 N–H and O–H groups in total. The van der Waals surface area contributed by atoms with E-state index >= 15 is 0 Å². The van der Waals surface area contributed by atoms with Gasteiger partial charge in [-0.05, 0) is 163 Å². The molecule has 0 spiro atoms. The van der Waals surface area contributed by atoms with Crippen molar-refractivity contribution in [1.82, 2.24) is 39.5 Å². The zero-order valence-corrected chi connectivity index (χ0v) is 61.4. The third-order valence-electron chi connectivity index (χ3n) is 17.4. The number of rotatable bonds is 23. The Bertz CT molecular complexity index is 3010. The van der Waals surface area contributed by atoms with E-state index in [1.807, 2.05) is 67.6 Å². The summed E-state index contributed by atoms with van der Waals surface area (Å²) in [7, 11) is -4.62. The van der Waals surface area contributed by atoms with Gasteiger partial charge in [-0.3, -0.25) is 33.6 Å². The molecule has 43 heteroatoms. The standard InChI is InChI=1S/C16H23BN2O5.C14H19BN2O5.C8H15BN4O3.C8H16BNO4.C8H14BNO4.C7H14BNO3.CH4.Li.H2O/c1-3-23-15(20)14-13(9-10-19(14)17(2)22)18-16(21)24-11-12-7-5-4-6-8-12;1-15(21)17-8-7-11(12(17)13(18)19)16-14(20)22-9-10-5-3-2-4-6-10;1-3-16-8(14)7-6(11-12-10)4-5-13(7)9(2)15;2*1-3-14-8(12)7-6(11)4-5-10(7)9(2)13;1-5-3-4-9(8(2)12)6(5)7(10)11;;;/h4-8,13-14,22H,3,9-11H2,1-2H3,(H,18,21);2-6,11-12,21H,7-9H2,1H3,(H,16,20)(H,18,19);6-7,15H,3-5H2,1-2H3;6-7,11,13H,3-5H2,1-2H3;7,13H,3-5H2,1-2H3;5-6,12H,3-4H2,1-2H3,(H,10,11);1H4;;1H2/q;;;;;;;+1;/p-1/t13-,14-;11-,12-;2*6-,7+;;5-,6-;;;/m1100.1.../s1. The van der Waals surface area contributed by atoms with Gasteiger partial charge in [-0.2, -0.15) is 0 Å². The molecule has 6 heterocycles. The van der Waals surface area contributed by atoms with Crippen LogP contribution in [-0.4, -0.2) is 302 Å². The normalized spacial score (nSPS) is 23.1. The third-order valence-corrected chi connectivity index (χ3v) is 17.4. The first-order valence-electron chi connectivity index (χ1n) is 34.3. The van der Waals surface area contributed by atoms with Gasteiger partial charge in [0.2, 0.25) is 0 Å². The number of hydrogen-bond donors (Lipinski definition) is 11. The number of hydrogen-bond acceptors (Lipinski definition) is 30. The van der Waals surface area contributed by atoms with Crippen molar-refractivity contribution in [2.75, 3.05) is 65.7 Å². The quantitative estimate of drug-likeness (QED) is 0.0106. The molecule has 6 aliphatic heterocycles. The van der Waals surface area contributed by atoms with Crippen LogP contribution in [0.2, 0.25) is 40.9 Å². The van der Waals surface area contributed by atoms with Gasteiger partial charge >= 0.3 is 109 Å². The van der Waals surface area contributed by atoms with Gasteiger partial charge in [0, 0.05) is 11.3 Å². The molecule has 11 atom stereocenters. The molecule has 2 aromatic carbocycles. The van der Waals surface area contributed by atoms with Crippen LogP contribution < -0.4 is 29.5 Å². The average Bonchev–Trinajstić information content (AvgIpc) is 1.72. The molecule has 578 valence electrons. The SMILES string of the molecule is C.CB(O)N1CC[C@@H](C)[C@@H]1C(=O)O.CB(O)N1CC[C@@H](NC(=O)OCc2ccccc2)[C@@H]1C(=O)O.CCOC(=O)C1C(=O)CCN1B(C)O.CCOC(=O)[C@H]1[C@@H](N=[N+]=[N-])CCN1B(C)O.CCOC(=O)[C@H]1[C@@H](O)CCN1B(C)O.CCOC(=O)[C@H]1[C@H](NC(=O)OCc2ccccc2)CCN1B(C)O.[Li+].[OH-]. The number of amides is 2. The second-order valence-corrected chi connectivity index (χ2v) is 24.6. The first-order chi connectivity index (χ1) is 48.3. The van der Waals surface area contributed by atoms with Crippen LogP contribution in [0.25, 0.3) is 10.4 Å². The van der Waals surface area contributed by atoms with Crippen LogP contribution in [0.4, 0.5) is 9.59 Å². The maximum Gasteiger partial charge on any atom is 1.00 e. The van der Waals surface area contributed by atoms with Crippen LogP contribution >= 0.6 is 0 Å². The second kappa shape index (κ2) is 50.7. The number of alkyl carbamates (subject to hydrolysis) is 2. The Balaban J connectivity index is 0.00000125. The molecular formula is C62H106B6LiN11O25. The van der Waals surface area contributed by atoms with Gasteiger partial charge in [0.15, 0.2) is 11.8 Å². The van der Waals surface area contributed by atoms with Gasteiger partial charge in [0.25, 0.3) is 0 Å². The molecule has 6 saturated heterocycles. The molecule has 2 aromatic rings. The number of ketones is 1. The Hall–Kier alpha value is -6.79. The summed E-state index contributed by atoms with van der Waals surface area (Å²) in [4.78, 5) is 116. The van der Waals surface area contributed by atoms with Gasteiger partial charge in [0.1, 0.15) is 43.4 Å². The Morgan fingerprint density at radius 2 is 0.838 bits per heavy atom.